The predicted molar refractivity (Wildman–Crippen MR) is 88.5 cm³/mol. The van der Waals surface area contributed by atoms with Crippen molar-refractivity contribution in [2.75, 3.05) is 13.9 Å². The third kappa shape index (κ3) is 2.44. The van der Waals surface area contributed by atoms with Gasteiger partial charge in [0, 0.05) is 23.4 Å². The monoisotopic (exact) mass is 356 g/mol. The molecule has 1 aromatic heterocycles. The molecular weight excluding hydrogens is 342 g/mol. The lowest BCUT2D eigenvalue weighted by atomic mass is 9.81. The van der Waals surface area contributed by atoms with Gasteiger partial charge in [0.2, 0.25) is 12.7 Å². The van der Waals surface area contributed by atoms with Crippen LogP contribution in [0.1, 0.15) is 16.7 Å². The minimum absolute atomic E-state index is 0.0351. The van der Waals surface area contributed by atoms with Crippen LogP contribution in [0.2, 0.25) is 0 Å². The van der Waals surface area contributed by atoms with Crippen molar-refractivity contribution in [3.63, 3.8) is 0 Å². The van der Waals surface area contributed by atoms with Crippen LogP contribution in [-0.4, -0.2) is 23.9 Å². The molecule has 1 atom stereocenters. The summed E-state index contributed by atoms with van der Waals surface area (Å²) in [6, 6.07) is 10.3. The highest BCUT2D eigenvalue weighted by molar-refractivity contribution is 5.58. The van der Waals surface area contributed by atoms with Gasteiger partial charge in [-0.3, -0.25) is 0 Å². The Morgan fingerprint density at radius 3 is 2.65 bits per heavy atom. The van der Waals surface area contributed by atoms with E-state index in [2.05, 4.69) is 9.97 Å². The lowest BCUT2D eigenvalue weighted by Gasteiger charge is -2.32. The first kappa shape index (κ1) is 16.3. The van der Waals surface area contributed by atoms with Gasteiger partial charge in [-0.05, 0) is 18.2 Å². The number of methoxy groups -OCH3 is 1. The van der Waals surface area contributed by atoms with Crippen molar-refractivity contribution in [3.05, 3.63) is 77.5 Å². The summed E-state index contributed by atoms with van der Waals surface area (Å²) in [5.41, 5.74) is -1.86. The Labute approximate surface area is 148 Å². The fourth-order valence-electron chi connectivity index (χ4n) is 3.09. The van der Waals surface area contributed by atoms with Gasteiger partial charge in [-0.15, -0.1) is 0 Å². The molecule has 0 saturated carbocycles. The quantitative estimate of drug-likeness (QED) is 0.702. The molecule has 0 bridgehead atoms. The van der Waals surface area contributed by atoms with Gasteiger partial charge in [0.05, 0.1) is 12.7 Å². The maximum Gasteiger partial charge on any atom is 0.230 e. The first-order valence-corrected chi connectivity index (χ1v) is 7.83. The van der Waals surface area contributed by atoms with Crippen molar-refractivity contribution < 1.29 is 23.0 Å². The lowest BCUT2D eigenvalue weighted by Crippen LogP contribution is -2.29. The second-order valence-electron chi connectivity index (χ2n) is 5.65. The largest absolute Gasteiger partial charge is 0.481 e. The minimum Gasteiger partial charge on any atom is -0.481 e. The molecule has 0 aliphatic carbocycles. The van der Waals surface area contributed by atoms with Crippen molar-refractivity contribution in [2.24, 2.45) is 0 Å². The van der Waals surface area contributed by atoms with Crippen molar-refractivity contribution >= 4 is 0 Å². The van der Waals surface area contributed by atoms with Crippen molar-refractivity contribution in [2.45, 2.75) is 5.67 Å². The molecule has 7 heteroatoms. The van der Waals surface area contributed by atoms with E-state index in [0.29, 0.717) is 5.75 Å². The van der Waals surface area contributed by atoms with Crippen molar-refractivity contribution in [3.8, 4) is 17.4 Å². The minimum atomic E-state index is -2.27. The van der Waals surface area contributed by atoms with Crippen LogP contribution in [0.4, 0.5) is 8.78 Å². The van der Waals surface area contributed by atoms with E-state index in [1.807, 2.05) is 0 Å². The number of para-hydroxylation sites is 1. The van der Waals surface area contributed by atoms with E-state index >= 15 is 4.39 Å². The molecule has 2 heterocycles. The molecule has 1 aliphatic heterocycles. The molecule has 4 rings (SSSR count). The molecule has 132 valence electrons. The van der Waals surface area contributed by atoms with E-state index in [0.717, 1.165) is 6.07 Å². The molecular formula is C19H14F2N2O3. The lowest BCUT2D eigenvalue weighted by molar-refractivity contribution is 0.102. The third-order valence-corrected chi connectivity index (χ3v) is 4.24. The molecule has 0 N–H and O–H groups in total. The van der Waals surface area contributed by atoms with Gasteiger partial charge in [0.15, 0.2) is 5.67 Å². The van der Waals surface area contributed by atoms with E-state index in [1.54, 1.807) is 24.3 Å². The molecule has 0 spiro atoms. The Kier molecular flexibility index (Phi) is 3.91. The van der Waals surface area contributed by atoms with Gasteiger partial charge in [-0.2, -0.15) is 0 Å². The molecule has 3 aromatic rings. The SMILES string of the molecule is COc1ncncc1C1(F)c2ccccc2OCOc2cc(F)ccc21. The maximum atomic E-state index is 16.9. The van der Waals surface area contributed by atoms with E-state index in [4.69, 9.17) is 14.2 Å². The second kappa shape index (κ2) is 6.25. The van der Waals surface area contributed by atoms with Gasteiger partial charge in [-0.25, -0.2) is 18.7 Å². The summed E-state index contributed by atoms with van der Waals surface area (Å²) < 4.78 is 46.9. The highest BCUT2D eigenvalue weighted by atomic mass is 19.1. The number of nitrogens with zero attached hydrogens (tertiary/aromatic N) is 2. The number of halogens is 2. The van der Waals surface area contributed by atoms with Crippen molar-refractivity contribution in [1.82, 2.24) is 9.97 Å². The van der Waals surface area contributed by atoms with Gasteiger partial charge < -0.3 is 14.2 Å². The van der Waals surface area contributed by atoms with Crippen LogP contribution in [0.5, 0.6) is 17.4 Å². The summed E-state index contributed by atoms with van der Waals surface area (Å²) in [4.78, 5) is 7.95. The Bertz CT molecular complexity index is 954. The molecule has 1 unspecified atom stereocenters. The summed E-state index contributed by atoms with van der Waals surface area (Å²) in [6.45, 7) is -0.175. The van der Waals surface area contributed by atoms with E-state index < -0.39 is 11.5 Å². The first-order valence-electron chi connectivity index (χ1n) is 7.83. The number of aromatic nitrogens is 2. The molecule has 2 aromatic carbocycles. The predicted octanol–water partition coefficient (Wildman–Crippen LogP) is 3.61. The Morgan fingerprint density at radius 2 is 1.81 bits per heavy atom. The number of alkyl halides is 1. The molecule has 0 radical (unpaired) electrons. The summed E-state index contributed by atoms with van der Waals surface area (Å²) in [6.07, 6.45) is 2.59. The highest BCUT2D eigenvalue weighted by Gasteiger charge is 2.45. The highest BCUT2D eigenvalue weighted by Crippen LogP contribution is 2.50. The van der Waals surface area contributed by atoms with Crippen LogP contribution in [0.15, 0.2) is 55.0 Å². The Hall–Kier alpha value is -3.22. The summed E-state index contributed by atoms with van der Waals surface area (Å²) in [5, 5.41) is 0. The molecule has 26 heavy (non-hydrogen) atoms. The fraction of sp³-hybridized carbons (Fsp3) is 0.158. The van der Waals surface area contributed by atoms with Gasteiger partial charge in [0.25, 0.3) is 0 Å². The number of rotatable bonds is 2. The first-order chi connectivity index (χ1) is 12.6. The molecule has 0 amide bonds. The molecule has 1 aliphatic rings. The van der Waals surface area contributed by atoms with Crippen LogP contribution in [0.3, 0.4) is 0 Å². The fourth-order valence-corrected chi connectivity index (χ4v) is 3.09. The number of hydrogen-bond donors (Lipinski definition) is 0. The van der Waals surface area contributed by atoms with E-state index in [-0.39, 0.29) is 35.1 Å². The van der Waals surface area contributed by atoms with E-state index in [1.165, 1.54) is 31.8 Å². The Morgan fingerprint density at radius 1 is 1.04 bits per heavy atom. The Balaban J connectivity index is 2.09. The van der Waals surface area contributed by atoms with Crippen LogP contribution in [0.25, 0.3) is 0 Å². The summed E-state index contributed by atoms with van der Waals surface area (Å²) in [5.74, 6) is -0.145. The smallest absolute Gasteiger partial charge is 0.230 e. The van der Waals surface area contributed by atoms with Gasteiger partial charge in [-0.1, -0.05) is 18.2 Å². The summed E-state index contributed by atoms with van der Waals surface area (Å²) in [7, 11) is 1.39. The number of ether oxygens (including phenoxy) is 3. The number of fused-ring (bicyclic) bond motifs is 2. The maximum absolute atomic E-state index is 16.9. The van der Waals surface area contributed by atoms with Gasteiger partial charge in [0.1, 0.15) is 23.6 Å². The second-order valence-corrected chi connectivity index (χ2v) is 5.65. The third-order valence-electron chi connectivity index (χ3n) is 4.24. The normalized spacial score (nSPS) is 18.4. The zero-order valence-corrected chi connectivity index (χ0v) is 13.8. The van der Waals surface area contributed by atoms with Crippen LogP contribution in [-0.2, 0) is 5.67 Å². The molecule has 5 nitrogen and oxygen atoms in total. The van der Waals surface area contributed by atoms with Crippen LogP contribution >= 0.6 is 0 Å². The molecule has 0 fully saturated rings. The average molecular weight is 356 g/mol. The van der Waals surface area contributed by atoms with Crippen LogP contribution in [0, 0.1) is 5.82 Å². The summed E-state index contributed by atoms with van der Waals surface area (Å²) >= 11 is 0. The number of hydrogen-bond acceptors (Lipinski definition) is 5. The number of benzene rings is 2. The zero-order chi connectivity index (χ0) is 18.1. The zero-order valence-electron chi connectivity index (χ0n) is 13.8. The van der Waals surface area contributed by atoms with Crippen LogP contribution < -0.4 is 14.2 Å². The molecule has 0 saturated heterocycles. The average Bonchev–Trinajstić information content (AvgIpc) is 2.67. The van der Waals surface area contributed by atoms with Crippen molar-refractivity contribution in [1.29, 1.82) is 0 Å². The van der Waals surface area contributed by atoms with E-state index in [9.17, 15) is 4.39 Å². The standard InChI is InChI=1S/C19H14F2N2O3/c1-24-18-15(9-22-10-23-18)19(21)13-4-2-3-5-16(13)25-11-26-17-8-12(20)6-7-14(17)19/h2-10H,11H2,1H3. The van der Waals surface area contributed by atoms with Gasteiger partial charge >= 0.3 is 0 Å². The topological polar surface area (TPSA) is 53.5 Å².